The van der Waals surface area contributed by atoms with Crippen molar-refractivity contribution in [1.29, 1.82) is 0 Å². The molecule has 3 atom stereocenters. The van der Waals surface area contributed by atoms with Crippen molar-refractivity contribution in [1.82, 2.24) is 5.32 Å². The first kappa shape index (κ1) is 16.8. The van der Waals surface area contributed by atoms with Gasteiger partial charge < -0.3 is 10.1 Å². The number of methoxy groups -OCH3 is 1. The fourth-order valence-corrected chi connectivity index (χ4v) is 4.15. The van der Waals surface area contributed by atoms with Gasteiger partial charge >= 0.3 is 5.97 Å². The zero-order valence-corrected chi connectivity index (χ0v) is 13.4. The van der Waals surface area contributed by atoms with Gasteiger partial charge in [-0.15, -0.1) is 0 Å². The maximum Gasteiger partial charge on any atom is 0.322 e. The van der Waals surface area contributed by atoms with E-state index < -0.39 is 0 Å². The van der Waals surface area contributed by atoms with Crippen LogP contribution in [0.5, 0.6) is 0 Å². The van der Waals surface area contributed by atoms with E-state index in [1.807, 2.05) is 11.8 Å². The van der Waals surface area contributed by atoms with Gasteiger partial charge in [0.2, 0.25) is 0 Å². The molecule has 0 heterocycles. The summed E-state index contributed by atoms with van der Waals surface area (Å²) in [6.45, 7) is 5.34. The molecule has 1 rings (SSSR count). The van der Waals surface area contributed by atoms with Crippen molar-refractivity contribution in [3.8, 4) is 0 Å². The average molecular weight is 287 g/mol. The third kappa shape index (κ3) is 6.66. The van der Waals surface area contributed by atoms with E-state index in [2.05, 4.69) is 19.2 Å². The number of thioether (sulfide) groups is 1. The molecule has 0 bridgehead atoms. The Labute approximate surface area is 122 Å². The highest BCUT2D eigenvalue weighted by atomic mass is 32.2. The molecule has 19 heavy (non-hydrogen) atoms. The van der Waals surface area contributed by atoms with Gasteiger partial charge in [0.1, 0.15) is 6.04 Å². The first-order chi connectivity index (χ1) is 9.17. The molecule has 4 heteroatoms. The quantitative estimate of drug-likeness (QED) is 0.696. The zero-order valence-electron chi connectivity index (χ0n) is 12.6. The minimum Gasteiger partial charge on any atom is -0.468 e. The predicted octanol–water partition coefficient (Wildman–Crippen LogP) is 3.23. The molecule has 0 aliphatic heterocycles. The van der Waals surface area contributed by atoms with Gasteiger partial charge in [0.25, 0.3) is 0 Å². The average Bonchev–Trinajstić information content (AvgIpc) is 2.42. The fraction of sp³-hybridized carbons (Fsp3) is 0.933. The number of hydrogen-bond donors (Lipinski definition) is 1. The van der Waals surface area contributed by atoms with E-state index in [-0.39, 0.29) is 12.0 Å². The first-order valence-electron chi connectivity index (χ1n) is 7.60. The molecular weight excluding hydrogens is 258 g/mol. The summed E-state index contributed by atoms with van der Waals surface area (Å²) >= 11 is 2.04. The van der Waals surface area contributed by atoms with Crippen molar-refractivity contribution < 1.29 is 9.53 Å². The van der Waals surface area contributed by atoms with E-state index in [9.17, 15) is 4.79 Å². The van der Waals surface area contributed by atoms with E-state index in [0.717, 1.165) is 36.3 Å². The van der Waals surface area contributed by atoms with Crippen molar-refractivity contribution in [2.45, 2.75) is 63.7 Å². The standard InChI is InChI=1S/C15H29NO2S/c1-4-9-16-14(15(17)18-3)8-10-19-13-7-5-6-12(2)11-13/h12-14,16H,4-11H2,1-3H3. The Bertz CT molecular complexity index is 261. The summed E-state index contributed by atoms with van der Waals surface area (Å²) in [5, 5.41) is 4.08. The minimum absolute atomic E-state index is 0.119. The molecule has 3 nitrogen and oxygen atoms in total. The first-order valence-corrected chi connectivity index (χ1v) is 8.65. The van der Waals surface area contributed by atoms with Crippen LogP contribution in [0.15, 0.2) is 0 Å². The second-order valence-corrected chi connectivity index (χ2v) is 6.99. The fourth-order valence-electron chi connectivity index (χ4n) is 2.65. The van der Waals surface area contributed by atoms with Crippen LogP contribution in [0.25, 0.3) is 0 Å². The number of esters is 1. The lowest BCUT2D eigenvalue weighted by molar-refractivity contribution is -0.143. The largest absolute Gasteiger partial charge is 0.468 e. The second-order valence-electron chi connectivity index (χ2n) is 5.58. The summed E-state index contributed by atoms with van der Waals surface area (Å²) in [5.41, 5.74) is 0. The van der Waals surface area contributed by atoms with Gasteiger partial charge in [-0.1, -0.05) is 26.7 Å². The second kappa shape index (κ2) is 9.65. The van der Waals surface area contributed by atoms with Crippen LogP contribution in [0.2, 0.25) is 0 Å². The molecule has 0 radical (unpaired) electrons. The molecule has 0 aromatic heterocycles. The number of hydrogen-bond acceptors (Lipinski definition) is 4. The lowest BCUT2D eigenvalue weighted by Crippen LogP contribution is -2.38. The Morgan fingerprint density at radius 3 is 2.89 bits per heavy atom. The van der Waals surface area contributed by atoms with Crippen LogP contribution in [0.4, 0.5) is 0 Å². The summed E-state index contributed by atoms with van der Waals surface area (Å²) in [6, 6.07) is -0.126. The summed E-state index contributed by atoms with van der Waals surface area (Å²) in [6.07, 6.45) is 7.37. The van der Waals surface area contributed by atoms with E-state index in [0.29, 0.717) is 0 Å². The molecule has 0 aromatic rings. The molecule has 1 aliphatic rings. The van der Waals surface area contributed by atoms with E-state index in [1.54, 1.807) is 0 Å². The molecule has 0 saturated heterocycles. The van der Waals surface area contributed by atoms with Crippen LogP contribution in [0, 0.1) is 5.92 Å². The number of rotatable bonds is 8. The van der Waals surface area contributed by atoms with E-state index in [1.165, 1.54) is 32.8 Å². The van der Waals surface area contributed by atoms with Crippen molar-refractivity contribution in [3.63, 3.8) is 0 Å². The summed E-state index contributed by atoms with van der Waals surface area (Å²) in [5.74, 6) is 1.81. The van der Waals surface area contributed by atoms with Gasteiger partial charge in [-0.3, -0.25) is 4.79 Å². The van der Waals surface area contributed by atoms with Gasteiger partial charge in [0, 0.05) is 5.25 Å². The third-order valence-electron chi connectivity index (χ3n) is 3.77. The Kier molecular flexibility index (Phi) is 8.55. The van der Waals surface area contributed by atoms with Gasteiger partial charge in [-0.2, -0.15) is 11.8 Å². The highest BCUT2D eigenvalue weighted by molar-refractivity contribution is 7.99. The highest BCUT2D eigenvalue weighted by Crippen LogP contribution is 2.32. The lowest BCUT2D eigenvalue weighted by atomic mass is 9.91. The van der Waals surface area contributed by atoms with Crippen LogP contribution in [-0.4, -0.2) is 36.7 Å². The Hall–Kier alpha value is -0.220. The lowest BCUT2D eigenvalue weighted by Gasteiger charge is -2.26. The molecule has 1 fully saturated rings. The van der Waals surface area contributed by atoms with Crippen LogP contribution < -0.4 is 5.32 Å². The Balaban J connectivity index is 2.24. The highest BCUT2D eigenvalue weighted by Gasteiger charge is 2.21. The summed E-state index contributed by atoms with van der Waals surface area (Å²) in [7, 11) is 1.47. The van der Waals surface area contributed by atoms with Gasteiger partial charge in [-0.25, -0.2) is 0 Å². The van der Waals surface area contributed by atoms with Crippen LogP contribution >= 0.6 is 11.8 Å². The zero-order chi connectivity index (χ0) is 14.1. The summed E-state index contributed by atoms with van der Waals surface area (Å²) < 4.78 is 4.86. The third-order valence-corrected chi connectivity index (χ3v) is 5.15. The Morgan fingerprint density at radius 1 is 1.47 bits per heavy atom. The van der Waals surface area contributed by atoms with Crippen molar-refractivity contribution in [2.24, 2.45) is 5.92 Å². The minimum atomic E-state index is -0.126. The Morgan fingerprint density at radius 2 is 2.26 bits per heavy atom. The monoisotopic (exact) mass is 287 g/mol. The van der Waals surface area contributed by atoms with Crippen molar-refractivity contribution >= 4 is 17.7 Å². The number of carbonyl (C=O) groups excluding carboxylic acids is 1. The SMILES string of the molecule is CCCNC(CCSC1CCCC(C)C1)C(=O)OC. The number of ether oxygens (including phenoxy) is 1. The molecule has 0 spiro atoms. The van der Waals surface area contributed by atoms with Gasteiger partial charge in [-0.05, 0) is 43.9 Å². The van der Waals surface area contributed by atoms with Crippen molar-refractivity contribution in [2.75, 3.05) is 19.4 Å². The molecular formula is C15H29NO2S. The van der Waals surface area contributed by atoms with Crippen molar-refractivity contribution in [3.05, 3.63) is 0 Å². The normalized spacial score (nSPS) is 25.0. The van der Waals surface area contributed by atoms with E-state index in [4.69, 9.17) is 4.74 Å². The predicted molar refractivity (Wildman–Crippen MR) is 82.6 cm³/mol. The van der Waals surface area contributed by atoms with Gasteiger partial charge in [0.05, 0.1) is 7.11 Å². The molecule has 3 unspecified atom stereocenters. The van der Waals surface area contributed by atoms with Crippen LogP contribution in [-0.2, 0) is 9.53 Å². The molecule has 0 amide bonds. The molecule has 0 aromatic carbocycles. The van der Waals surface area contributed by atoms with Gasteiger partial charge in [0.15, 0.2) is 0 Å². The molecule has 1 saturated carbocycles. The molecule has 1 aliphatic carbocycles. The van der Waals surface area contributed by atoms with E-state index >= 15 is 0 Å². The maximum absolute atomic E-state index is 11.7. The molecule has 112 valence electrons. The maximum atomic E-state index is 11.7. The van der Waals surface area contributed by atoms with Crippen LogP contribution in [0.3, 0.4) is 0 Å². The number of carbonyl (C=O) groups is 1. The number of nitrogens with one attached hydrogen (secondary N) is 1. The molecule has 1 N–H and O–H groups in total. The smallest absolute Gasteiger partial charge is 0.322 e. The topological polar surface area (TPSA) is 38.3 Å². The van der Waals surface area contributed by atoms with Crippen LogP contribution in [0.1, 0.15) is 52.4 Å². The summed E-state index contributed by atoms with van der Waals surface area (Å²) in [4.78, 5) is 11.7.